The van der Waals surface area contributed by atoms with Gasteiger partial charge in [-0.3, -0.25) is 24.4 Å². The van der Waals surface area contributed by atoms with Gasteiger partial charge in [0.05, 0.1) is 22.6 Å². The average Bonchev–Trinajstić information content (AvgIpc) is 3.51. The van der Waals surface area contributed by atoms with Crippen LogP contribution in [0.3, 0.4) is 0 Å². The van der Waals surface area contributed by atoms with E-state index in [4.69, 9.17) is 0 Å². The zero-order valence-corrected chi connectivity index (χ0v) is 21.7. The van der Waals surface area contributed by atoms with Crippen molar-refractivity contribution in [2.75, 3.05) is 5.32 Å². The van der Waals surface area contributed by atoms with Crippen LogP contribution in [0.2, 0.25) is 0 Å². The van der Waals surface area contributed by atoms with Crippen LogP contribution in [0.25, 0.3) is 23.1 Å². The van der Waals surface area contributed by atoms with E-state index in [1.165, 1.54) is 0 Å². The topological polar surface area (TPSA) is 106 Å². The Hall–Kier alpha value is -4.85. The van der Waals surface area contributed by atoms with Crippen molar-refractivity contribution in [2.24, 2.45) is 7.05 Å². The molecule has 3 aromatic heterocycles. The molecule has 38 heavy (non-hydrogen) atoms. The van der Waals surface area contributed by atoms with Crippen LogP contribution in [-0.4, -0.2) is 36.7 Å². The van der Waals surface area contributed by atoms with Gasteiger partial charge in [-0.1, -0.05) is 45.0 Å². The Kier molecular flexibility index (Phi) is 6.46. The summed E-state index contributed by atoms with van der Waals surface area (Å²) in [6, 6.07) is 19.9. The number of pyridine rings is 1. The minimum absolute atomic E-state index is 0.154. The van der Waals surface area contributed by atoms with Crippen molar-refractivity contribution in [1.82, 2.24) is 25.0 Å². The predicted octanol–water partition coefficient (Wildman–Crippen LogP) is 5.64. The molecule has 1 amide bonds. The van der Waals surface area contributed by atoms with E-state index in [0.717, 1.165) is 28.0 Å². The second-order valence-electron chi connectivity index (χ2n) is 10.1. The van der Waals surface area contributed by atoms with E-state index >= 15 is 0 Å². The van der Waals surface area contributed by atoms with E-state index in [1.807, 2.05) is 57.2 Å². The van der Waals surface area contributed by atoms with E-state index < -0.39 is 0 Å². The molecular weight excluding hydrogens is 476 g/mol. The number of fused-ring (bicyclic) bond motifs is 1. The van der Waals surface area contributed by atoms with Gasteiger partial charge < -0.3 is 5.32 Å². The quantitative estimate of drug-likeness (QED) is 0.291. The normalized spacial score (nSPS) is 11.8. The number of benzene rings is 2. The Bertz CT molecular complexity index is 1670. The number of nitrogens with one attached hydrogen (secondary N) is 2. The van der Waals surface area contributed by atoms with E-state index in [2.05, 4.69) is 25.6 Å². The fraction of sp³-hybridized carbons (Fsp3) is 0.167. The highest BCUT2D eigenvalue weighted by molar-refractivity contribution is 6.12. The first kappa shape index (κ1) is 24.8. The molecule has 5 rings (SSSR count). The molecule has 8 heteroatoms. The third-order valence-corrected chi connectivity index (χ3v) is 6.22. The molecule has 0 bridgehead atoms. The standard InChI is InChI=1S/C30H28N6O2/c1-30(2,3)27-18-26(36(4)35-27)29(38)32-22-10-7-8-19(16-22)28(37)20-11-13-23-24(33-34-25(23)17-20)14-12-21-9-5-6-15-31-21/h5-18H,1-4H3,(H,32,38)(H,33,34). The lowest BCUT2D eigenvalue weighted by atomic mass is 9.92. The molecule has 0 atom stereocenters. The van der Waals surface area contributed by atoms with Crippen LogP contribution in [0.5, 0.6) is 0 Å². The highest BCUT2D eigenvalue weighted by atomic mass is 16.2. The molecule has 2 N–H and O–H groups in total. The lowest BCUT2D eigenvalue weighted by molar-refractivity contribution is 0.101. The Morgan fingerprint density at radius 1 is 0.947 bits per heavy atom. The number of rotatable bonds is 6. The molecule has 5 aromatic rings. The molecule has 2 aromatic carbocycles. The molecule has 8 nitrogen and oxygen atoms in total. The summed E-state index contributed by atoms with van der Waals surface area (Å²) in [5.74, 6) is -0.441. The Labute approximate surface area is 220 Å². The van der Waals surface area contributed by atoms with Crippen molar-refractivity contribution in [2.45, 2.75) is 26.2 Å². The number of hydrogen-bond acceptors (Lipinski definition) is 5. The van der Waals surface area contributed by atoms with Crippen LogP contribution in [0.15, 0.2) is 72.9 Å². The van der Waals surface area contributed by atoms with Crippen LogP contribution in [-0.2, 0) is 12.5 Å². The number of nitrogens with zero attached hydrogens (tertiary/aromatic N) is 4. The summed E-state index contributed by atoms with van der Waals surface area (Å²) in [7, 11) is 1.75. The SMILES string of the molecule is Cn1nc(C(C)(C)C)cc1C(=O)Nc1cccc(C(=O)c2ccc3c(C=Cc4ccccn4)n[nH]c3c2)c1. The van der Waals surface area contributed by atoms with Gasteiger partial charge >= 0.3 is 0 Å². The number of amides is 1. The van der Waals surface area contributed by atoms with Gasteiger partial charge in [-0.05, 0) is 54.6 Å². The molecule has 0 aliphatic rings. The number of ketones is 1. The van der Waals surface area contributed by atoms with Gasteiger partial charge in [0.1, 0.15) is 5.69 Å². The maximum atomic E-state index is 13.3. The van der Waals surface area contributed by atoms with Crippen LogP contribution in [0.4, 0.5) is 5.69 Å². The molecule has 0 aliphatic heterocycles. The van der Waals surface area contributed by atoms with Gasteiger partial charge in [0, 0.05) is 40.9 Å². The minimum atomic E-state index is -0.287. The zero-order chi connectivity index (χ0) is 26.9. The zero-order valence-electron chi connectivity index (χ0n) is 21.7. The largest absolute Gasteiger partial charge is 0.321 e. The number of carbonyl (C=O) groups is 2. The van der Waals surface area contributed by atoms with Crippen LogP contribution < -0.4 is 5.32 Å². The highest BCUT2D eigenvalue weighted by Gasteiger charge is 2.22. The van der Waals surface area contributed by atoms with Gasteiger partial charge in [0.15, 0.2) is 5.78 Å². The maximum absolute atomic E-state index is 13.3. The van der Waals surface area contributed by atoms with E-state index in [9.17, 15) is 9.59 Å². The Morgan fingerprint density at radius 2 is 1.76 bits per heavy atom. The molecule has 0 saturated heterocycles. The van der Waals surface area contributed by atoms with E-state index in [1.54, 1.807) is 60.4 Å². The molecule has 0 saturated carbocycles. The summed E-state index contributed by atoms with van der Waals surface area (Å²) in [6.07, 6.45) is 5.52. The van der Waals surface area contributed by atoms with E-state index in [-0.39, 0.29) is 17.1 Å². The Morgan fingerprint density at radius 3 is 2.50 bits per heavy atom. The van der Waals surface area contributed by atoms with Crippen molar-refractivity contribution in [3.05, 3.63) is 107 Å². The monoisotopic (exact) mass is 504 g/mol. The summed E-state index contributed by atoms with van der Waals surface area (Å²) in [5.41, 5.74) is 4.98. The minimum Gasteiger partial charge on any atom is -0.321 e. The number of anilines is 1. The summed E-state index contributed by atoms with van der Waals surface area (Å²) in [4.78, 5) is 30.5. The Balaban J connectivity index is 1.34. The predicted molar refractivity (Wildman–Crippen MR) is 149 cm³/mol. The van der Waals surface area contributed by atoms with Gasteiger partial charge in [-0.2, -0.15) is 10.2 Å². The number of aromatic nitrogens is 5. The molecule has 0 unspecified atom stereocenters. The van der Waals surface area contributed by atoms with Gasteiger partial charge in [-0.15, -0.1) is 0 Å². The fourth-order valence-electron chi connectivity index (χ4n) is 4.09. The van der Waals surface area contributed by atoms with Crippen molar-refractivity contribution in [3.63, 3.8) is 0 Å². The number of aryl methyl sites for hydroxylation is 1. The third kappa shape index (κ3) is 5.15. The highest BCUT2D eigenvalue weighted by Crippen LogP contribution is 2.24. The summed E-state index contributed by atoms with van der Waals surface area (Å²) >= 11 is 0. The summed E-state index contributed by atoms with van der Waals surface area (Å²) in [5, 5.41) is 15.6. The number of aromatic amines is 1. The maximum Gasteiger partial charge on any atom is 0.273 e. The van der Waals surface area contributed by atoms with Gasteiger partial charge in [0.25, 0.3) is 5.91 Å². The summed E-state index contributed by atoms with van der Waals surface area (Å²) in [6.45, 7) is 6.14. The second kappa shape index (κ2) is 9.89. The third-order valence-electron chi connectivity index (χ3n) is 6.22. The molecule has 0 spiro atoms. The number of carbonyl (C=O) groups excluding carboxylic acids is 2. The van der Waals surface area contributed by atoms with Crippen molar-refractivity contribution in [3.8, 4) is 0 Å². The van der Waals surface area contributed by atoms with Crippen LogP contribution in [0, 0.1) is 0 Å². The molecule has 0 radical (unpaired) electrons. The smallest absolute Gasteiger partial charge is 0.273 e. The lowest BCUT2D eigenvalue weighted by Crippen LogP contribution is -2.16. The van der Waals surface area contributed by atoms with Gasteiger partial charge in [-0.25, -0.2) is 0 Å². The van der Waals surface area contributed by atoms with Crippen molar-refractivity contribution < 1.29 is 9.59 Å². The fourth-order valence-corrected chi connectivity index (χ4v) is 4.09. The molecule has 3 heterocycles. The van der Waals surface area contributed by atoms with Crippen LogP contribution >= 0.6 is 0 Å². The average molecular weight is 505 g/mol. The van der Waals surface area contributed by atoms with Gasteiger partial charge in [0.2, 0.25) is 0 Å². The number of hydrogen-bond donors (Lipinski definition) is 2. The van der Waals surface area contributed by atoms with E-state index in [0.29, 0.717) is 22.5 Å². The molecule has 190 valence electrons. The lowest BCUT2D eigenvalue weighted by Gasteiger charge is -2.13. The van der Waals surface area contributed by atoms with Crippen LogP contribution in [0.1, 0.15) is 64.3 Å². The second-order valence-corrected chi connectivity index (χ2v) is 10.1. The van der Waals surface area contributed by atoms with Crippen molar-refractivity contribution in [1.29, 1.82) is 0 Å². The number of H-pyrrole nitrogens is 1. The molecule has 0 fully saturated rings. The first-order chi connectivity index (χ1) is 18.2. The van der Waals surface area contributed by atoms with Crippen molar-refractivity contribution >= 4 is 40.4 Å². The molecular formula is C30H28N6O2. The summed E-state index contributed by atoms with van der Waals surface area (Å²) < 4.78 is 1.57. The first-order valence-electron chi connectivity index (χ1n) is 12.3. The first-order valence-corrected chi connectivity index (χ1v) is 12.3. The molecule has 0 aliphatic carbocycles.